The first kappa shape index (κ1) is 26.4. The fourth-order valence-electron chi connectivity index (χ4n) is 5.05. The van der Waals surface area contributed by atoms with Crippen LogP contribution in [0.15, 0.2) is 55.1 Å². The van der Waals surface area contributed by atoms with Gasteiger partial charge < -0.3 is 10.4 Å². The summed E-state index contributed by atoms with van der Waals surface area (Å²) < 4.78 is 32.0. The number of aromatic nitrogens is 6. The smallest absolute Gasteiger partial charge is 0.223 e. The van der Waals surface area contributed by atoms with Crippen LogP contribution in [-0.2, 0) is 13.1 Å². The standard InChI is InChI=1S/C28H28F2N8OS/c29-23-15-33-28(31-6-10-38-11-7-34-36-38)35-26(23)24-12-19-2-1-3-21(27(19)40-24)22-13-25(30)32-14-20(22)16-37-8-4-18(17-39)5-9-37/h1-3,7,11-15,18,39H,4-6,8-10,16-17H2,(H,31,33,35). The van der Waals surface area contributed by atoms with Crippen molar-refractivity contribution in [3.63, 3.8) is 0 Å². The van der Waals surface area contributed by atoms with E-state index in [2.05, 4.69) is 35.5 Å². The third-order valence-corrected chi connectivity index (χ3v) is 8.41. The quantitative estimate of drug-likeness (QED) is 0.251. The summed E-state index contributed by atoms with van der Waals surface area (Å²) >= 11 is 1.42. The van der Waals surface area contributed by atoms with Crippen LogP contribution in [0, 0.1) is 17.7 Å². The Morgan fingerprint density at radius 1 is 1.07 bits per heavy atom. The lowest BCUT2D eigenvalue weighted by Crippen LogP contribution is -2.34. The molecule has 9 nitrogen and oxygen atoms in total. The number of pyridine rings is 1. The van der Waals surface area contributed by atoms with E-state index in [0.717, 1.165) is 52.7 Å². The monoisotopic (exact) mass is 562 g/mol. The van der Waals surface area contributed by atoms with E-state index in [4.69, 9.17) is 0 Å². The fourth-order valence-corrected chi connectivity index (χ4v) is 6.23. The van der Waals surface area contributed by atoms with Crippen LogP contribution in [0.2, 0.25) is 0 Å². The highest BCUT2D eigenvalue weighted by molar-refractivity contribution is 7.22. The number of benzene rings is 1. The molecule has 0 atom stereocenters. The molecule has 40 heavy (non-hydrogen) atoms. The fraction of sp³-hybridized carbons (Fsp3) is 0.321. The Bertz CT molecular complexity index is 1600. The first-order valence-corrected chi connectivity index (χ1v) is 14.0. The molecule has 0 radical (unpaired) electrons. The van der Waals surface area contributed by atoms with E-state index in [0.29, 0.717) is 36.4 Å². The average Bonchev–Trinajstić information content (AvgIpc) is 3.65. The summed E-state index contributed by atoms with van der Waals surface area (Å²) in [6, 6.07) is 9.24. The molecule has 1 saturated heterocycles. The Kier molecular flexibility index (Phi) is 7.71. The van der Waals surface area contributed by atoms with Crippen LogP contribution in [0.3, 0.4) is 0 Å². The maximum absolute atomic E-state index is 14.9. The molecule has 5 aromatic rings. The zero-order valence-electron chi connectivity index (χ0n) is 21.7. The molecule has 1 aliphatic rings. The topological polar surface area (TPSA) is 105 Å². The molecule has 5 heterocycles. The number of hydrogen-bond acceptors (Lipinski definition) is 9. The number of anilines is 1. The molecule has 6 rings (SSSR count). The third kappa shape index (κ3) is 5.69. The van der Waals surface area contributed by atoms with E-state index < -0.39 is 11.8 Å². The summed E-state index contributed by atoms with van der Waals surface area (Å²) in [5.74, 6) is -0.406. The Morgan fingerprint density at radius 2 is 1.95 bits per heavy atom. The Balaban J connectivity index is 1.29. The second-order valence-electron chi connectivity index (χ2n) is 9.88. The van der Waals surface area contributed by atoms with Gasteiger partial charge in [-0.05, 0) is 54.4 Å². The van der Waals surface area contributed by atoms with E-state index in [1.54, 1.807) is 23.3 Å². The van der Waals surface area contributed by atoms with E-state index >= 15 is 0 Å². The van der Waals surface area contributed by atoms with Gasteiger partial charge in [0.1, 0.15) is 5.69 Å². The number of halogens is 2. The molecule has 0 saturated carbocycles. The minimum Gasteiger partial charge on any atom is -0.396 e. The number of hydrogen-bond donors (Lipinski definition) is 2. The molecule has 0 spiro atoms. The minimum atomic E-state index is -0.546. The van der Waals surface area contributed by atoms with Gasteiger partial charge in [-0.1, -0.05) is 23.4 Å². The molecule has 1 aliphatic heterocycles. The number of nitrogens with zero attached hydrogens (tertiary/aromatic N) is 7. The second-order valence-corrected chi connectivity index (χ2v) is 10.9. The largest absolute Gasteiger partial charge is 0.396 e. The van der Waals surface area contributed by atoms with Crippen molar-refractivity contribution in [2.24, 2.45) is 5.92 Å². The molecule has 12 heteroatoms. The van der Waals surface area contributed by atoms with Crippen molar-refractivity contribution in [3.05, 3.63) is 72.4 Å². The minimum absolute atomic E-state index is 0.207. The maximum Gasteiger partial charge on any atom is 0.223 e. The van der Waals surface area contributed by atoms with E-state index in [9.17, 15) is 13.9 Å². The van der Waals surface area contributed by atoms with Crippen LogP contribution in [0.1, 0.15) is 18.4 Å². The van der Waals surface area contributed by atoms with Crippen LogP contribution in [0.5, 0.6) is 0 Å². The normalized spacial score (nSPS) is 14.7. The lowest BCUT2D eigenvalue weighted by molar-refractivity contribution is 0.127. The summed E-state index contributed by atoms with van der Waals surface area (Å²) in [6.07, 6.45) is 8.01. The van der Waals surface area contributed by atoms with Crippen molar-refractivity contribution in [1.82, 2.24) is 34.8 Å². The number of fused-ring (bicyclic) bond motifs is 1. The number of piperidine rings is 1. The van der Waals surface area contributed by atoms with Gasteiger partial charge in [-0.2, -0.15) is 4.39 Å². The first-order chi connectivity index (χ1) is 19.6. The number of thiophene rings is 1. The van der Waals surface area contributed by atoms with Crippen LogP contribution < -0.4 is 5.32 Å². The van der Waals surface area contributed by atoms with Gasteiger partial charge in [0.05, 0.1) is 23.8 Å². The Morgan fingerprint density at radius 3 is 2.75 bits per heavy atom. The average molecular weight is 563 g/mol. The van der Waals surface area contributed by atoms with Crippen LogP contribution >= 0.6 is 11.3 Å². The van der Waals surface area contributed by atoms with E-state index in [1.807, 2.05) is 24.3 Å². The first-order valence-electron chi connectivity index (χ1n) is 13.2. The number of nitrogens with one attached hydrogen (secondary N) is 1. The zero-order valence-corrected chi connectivity index (χ0v) is 22.5. The molecular formula is C28H28F2N8OS. The highest BCUT2D eigenvalue weighted by Crippen LogP contribution is 2.40. The Labute approximate surface area is 233 Å². The predicted octanol–water partition coefficient (Wildman–Crippen LogP) is 4.61. The lowest BCUT2D eigenvalue weighted by Gasteiger charge is -2.31. The predicted molar refractivity (Wildman–Crippen MR) is 150 cm³/mol. The van der Waals surface area contributed by atoms with Gasteiger partial charge in [-0.25, -0.2) is 19.3 Å². The van der Waals surface area contributed by atoms with Crippen molar-refractivity contribution >= 4 is 27.4 Å². The highest BCUT2D eigenvalue weighted by Gasteiger charge is 2.21. The van der Waals surface area contributed by atoms with Crippen molar-refractivity contribution in [2.75, 3.05) is 31.6 Å². The number of aliphatic hydroxyl groups is 1. The molecule has 4 aromatic heterocycles. The van der Waals surface area contributed by atoms with Crippen LogP contribution in [0.25, 0.3) is 31.8 Å². The molecule has 0 unspecified atom stereocenters. The third-order valence-electron chi connectivity index (χ3n) is 7.22. The molecule has 0 bridgehead atoms. The summed E-state index contributed by atoms with van der Waals surface area (Å²) in [5, 5.41) is 21.2. The summed E-state index contributed by atoms with van der Waals surface area (Å²) in [6.45, 7) is 3.66. The van der Waals surface area contributed by atoms with Crippen molar-refractivity contribution < 1.29 is 13.9 Å². The number of rotatable bonds is 9. The number of likely N-dealkylation sites (tertiary alicyclic amines) is 1. The van der Waals surface area contributed by atoms with Crippen molar-refractivity contribution in [3.8, 4) is 21.7 Å². The van der Waals surface area contributed by atoms with Crippen molar-refractivity contribution in [1.29, 1.82) is 0 Å². The lowest BCUT2D eigenvalue weighted by atomic mass is 9.96. The molecule has 0 amide bonds. The van der Waals surface area contributed by atoms with Crippen LogP contribution in [-0.4, -0.2) is 66.2 Å². The van der Waals surface area contributed by atoms with Gasteiger partial charge in [0.15, 0.2) is 5.82 Å². The molecule has 2 N–H and O–H groups in total. The van der Waals surface area contributed by atoms with Gasteiger partial charge >= 0.3 is 0 Å². The summed E-state index contributed by atoms with van der Waals surface area (Å²) in [4.78, 5) is 15.5. The molecule has 0 aliphatic carbocycles. The molecule has 1 fully saturated rings. The van der Waals surface area contributed by atoms with Gasteiger partial charge in [0.25, 0.3) is 0 Å². The van der Waals surface area contributed by atoms with Crippen molar-refractivity contribution in [2.45, 2.75) is 25.9 Å². The summed E-state index contributed by atoms with van der Waals surface area (Å²) in [5.41, 5.74) is 2.78. The number of aliphatic hydroxyl groups excluding tert-OH is 1. The molecule has 206 valence electrons. The van der Waals surface area contributed by atoms with Crippen LogP contribution in [0.4, 0.5) is 14.7 Å². The highest BCUT2D eigenvalue weighted by atomic mass is 32.1. The molecular weight excluding hydrogens is 534 g/mol. The van der Waals surface area contributed by atoms with Gasteiger partial charge in [-0.15, -0.1) is 16.4 Å². The van der Waals surface area contributed by atoms with Gasteiger partial charge in [0.2, 0.25) is 11.9 Å². The van der Waals surface area contributed by atoms with Gasteiger partial charge in [0, 0.05) is 48.4 Å². The van der Waals surface area contributed by atoms with E-state index in [1.165, 1.54) is 23.6 Å². The zero-order chi connectivity index (χ0) is 27.5. The maximum atomic E-state index is 14.9. The summed E-state index contributed by atoms with van der Waals surface area (Å²) in [7, 11) is 0. The van der Waals surface area contributed by atoms with E-state index in [-0.39, 0.29) is 12.3 Å². The van der Waals surface area contributed by atoms with Gasteiger partial charge in [-0.3, -0.25) is 9.58 Å². The SMILES string of the molecule is OCC1CCN(Cc2cnc(F)cc2-c2cccc3cc(-c4nc(NCCn5ccnn5)ncc4F)sc23)CC1. The Hall–Kier alpha value is -3.87. The molecule has 1 aromatic carbocycles. The second kappa shape index (κ2) is 11.7.